The number of anilines is 1. The summed E-state index contributed by atoms with van der Waals surface area (Å²) in [6.07, 6.45) is 5.02. The number of pyridine rings is 1. The number of aromatic amines is 1. The number of H-pyrrole nitrogens is 1. The predicted molar refractivity (Wildman–Crippen MR) is 101 cm³/mol. The number of aryl methyl sites for hydroxylation is 2. The second-order valence-corrected chi connectivity index (χ2v) is 6.67. The van der Waals surface area contributed by atoms with E-state index in [1.165, 1.54) is 17.7 Å². The zero-order valence-electron chi connectivity index (χ0n) is 14.8. The fraction of sp³-hybridized carbons (Fsp3) is 0.238. The molecule has 1 aromatic carbocycles. The van der Waals surface area contributed by atoms with Crippen LogP contribution in [0.3, 0.4) is 0 Å². The molecule has 0 bridgehead atoms. The molecular formula is C21H19FN4. The summed E-state index contributed by atoms with van der Waals surface area (Å²) >= 11 is 0. The largest absolute Gasteiger partial charge is 0.366 e. The van der Waals surface area contributed by atoms with Gasteiger partial charge in [-0.05, 0) is 50.1 Å². The highest BCUT2D eigenvalue weighted by atomic mass is 19.1. The van der Waals surface area contributed by atoms with E-state index in [-0.39, 0.29) is 5.82 Å². The van der Waals surface area contributed by atoms with Gasteiger partial charge >= 0.3 is 0 Å². The molecule has 26 heavy (non-hydrogen) atoms. The highest BCUT2D eigenvalue weighted by Crippen LogP contribution is 2.32. The van der Waals surface area contributed by atoms with Crippen LogP contribution in [0, 0.1) is 31.0 Å². The Morgan fingerprint density at radius 2 is 2.12 bits per heavy atom. The summed E-state index contributed by atoms with van der Waals surface area (Å²) in [7, 11) is 0. The molecule has 0 amide bonds. The topological polar surface area (TPSA) is 55.7 Å². The molecule has 2 aromatic heterocycles. The number of rotatable bonds is 2. The molecule has 1 N–H and O–H groups in total. The van der Waals surface area contributed by atoms with E-state index in [9.17, 15) is 9.65 Å². The highest BCUT2D eigenvalue weighted by molar-refractivity contribution is 5.93. The Morgan fingerprint density at radius 3 is 2.85 bits per heavy atom. The zero-order valence-corrected chi connectivity index (χ0v) is 14.8. The number of aromatic nitrogens is 2. The van der Waals surface area contributed by atoms with Gasteiger partial charge in [-0.15, -0.1) is 0 Å². The second-order valence-electron chi connectivity index (χ2n) is 6.67. The Bertz CT molecular complexity index is 1070. The summed E-state index contributed by atoms with van der Waals surface area (Å²) in [5.74, 6) is -0.234. The lowest BCUT2D eigenvalue weighted by Crippen LogP contribution is -2.29. The molecule has 0 saturated heterocycles. The van der Waals surface area contributed by atoms with E-state index in [0.29, 0.717) is 5.56 Å². The van der Waals surface area contributed by atoms with E-state index in [0.717, 1.165) is 53.1 Å². The molecule has 5 heteroatoms. The van der Waals surface area contributed by atoms with Crippen LogP contribution >= 0.6 is 0 Å². The van der Waals surface area contributed by atoms with Gasteiger partial charge in [-0.2, -0.15) is 5.26 Å². The van der Waals surface area contributed by atoms with E-state index < -0.39 is 0 Å². The Morgan fingerprint density at radius 1 is 1.27 bits per heavy atom. The lowest BCUT2D eigenvalue weighted by molar-refractivity contribution is 0.629. The Kier molecular flexibility index (Phi) is 3.96. The van der Waals surface area contributed by atoms with Crippen LogP contribution in [-0.4, -0.2) is 23.1 Å². The number of nitrogens with one attached hydrogen (secondary N) is 1. The molecule has 0 radical (unpaired) electrons. The summed E-state index contributed by atoms with van der Waals surface area (Å²) in [6, 6.07) is 9.12. The fourth-order valence-electron chi connectivity index (χ4n) is 3.69. The van der Waals surface area contributed by atoms with Crippen molar-refractivity contribution >= 4 is 22.2 Å². The summed E-state index contributed by atoms with van der Waals surface area (Å²) in [4.78, 5) is 9.77. The molecule has 4 nitrogen and oxygen atoms in total. The standard InChI is InChI=1S/C21H19FN4/c1-13-9-21(18(11-23)14(2)25-13)26-7-5-15(6-8-26)19-12-24-20-10-16(22)3-4-17(19)20/h3-5,9-10,12,24H,6-8H2,1-2H3. The molecule has 4 rings (SSSR count). The molecule has 1 aliphatic rings. The average molecular weight is 346 g/mol. The number of halogens is 1. The van der Waals surface area contributed by atoms with Gasteiger partial charge in [-0.1, -0.05) is 6.08 Å². The molecule has 0 aliphatic carbocycles. The van der Waals surface area contributed by atoms with Crippen molar-refractivity contribution in [3.05, 3.63) is 64.9 Å². The number of fused-ring (bicyclic) bond motifs is 1. The minimum Gasteiger partial charge on any atom is -0.366 e. The smallest absolute Gasteiger partial charge is 0.125 e. The van der Waals surface area contributed by atoms with E-state index in [1.54, 1.807) is 0 Å². The van der Waals surface area contributed by atoms with Crippen molar-refractivity contribution < 1.29 is 4.39 Å². The van der Waals surface area contributed by atoms with Gasteiger partial charge in [0.25, 0.3) is 0 Å². The first-order valence-electron chi connectivity index (χ1n) is 8.66. The molecular weight excluding hydrogens is 327 g/mol. The van der Waals surface area contributed by atoms with Gasteiger partial charge < -0.3 is 9.88 Å². The molecule has 3 heterocycles. The Balaban J connectivity index is 1.66. The maximum atomic E-state index is 13.4. The molecule has 130 valence electrons. The van der Waals surface area contributed by atoms with E-state index in [2.05, 4.69) is 27.0 Å². The molecule has 0 fully saturated rings. The summed E-state index contributed by atoms with van der Waals surface area (Å²) < 4.78 is 13.4. The molecule has 3 aromatic rings. The third-order valence-corrected chi connectivity index (χ3v) is 4.96. The quantitative estimate of drug-likeness (QED) is 0.744. The van der Waals surface area contributed by atoms with Crippen LogP contribution in [-0.2, 0) is 0 Å². The zero-order chi connectivity index (χ0) is 18.3. The molecule has 0 atom stereocenters. The maximum absolute atomic E-state index is 13.4. The summed E-state index contributed by atoms with van der Waals surface area (Å²) in [6.45, 7) is 5.40. The van der Waals surface area contributed by atoms with Crippen LogP contribution in [0.15, 0.2) is 36.5 Å². The van der Waals surface area contributed by atoms with Crippen molar-refractivity contribution in [2.24, 2.45) is 0 Å². The minimum absolute atomic E-state index is 0.234. The lowest BCUT2D eigenvalue weighted by atomic mass is 9.98. The first kappa shape index (κ1) is 16.3. The van der Waals surface area contributed by atoms with Crippen LogP contribution in [0.25, 0.3) is 16.5 Å². The van der Waals surface area contributed by atoms with Crippen LogP contribution in [0.4, 0.5) is 10.1 Å². The van der Waals surface area contributed by atoms with Crippen LogP contribution in [0.1, 0.15) is 28.9 Å². The van der Waals surface area contributed by atoms with Crippen molar-refractivity contribution in [2.75, 3.05) is 18.0 Å². The Hall–Kier alpha value is -3.13. The summed E-state index contributed by atoms with van der Waals surface area (Å²) in [5.41, 5.74) is 6.49. The van der Waals surface area contributed by atoms with Gasteiger partial charge in [0, 0.05) is 41.4 Å². The van der Waals surface area contributed by atoms with E-state index in [1.807, 2.05) is 32.2 Å². The van der Waals surface area contributed by atoms with Crippen molar-refractivity contribution in [3.8, 4) is 6.07 Å². The van der Waals surface area contributed by atoms with Crippen molar-refractivity contribution in [3.63, 3.8) is 0 Å². The van der Waals surface area contributed by atoms with Gasteiger partial charge in [-0.3, -0.25) is 4.98 Å². The second kappa shape index (κ2) is 6.30. The van der Waals surface area contributed by atoms with Gasteiger partial charge in [0.1, 0.15) is 11.9 Å². The van der Waals surface area contributed by atoms with Gasteiger partial charge in [-0.25, -0.2) is 4.39 Å². The van der Waals surface area contributed by atoms with Gasteiger partial charge in [0.15, 0.2) is 0 Å². The summed E-state index contributed by atoms with van der Waals surface area (Å²) in [5, 5.41) is 10.5. The maximum Gasteiger partial charge on any atom is 0.125 e. The molecule has 0 spiro atoms. The van der Waals surface area contributed by atoms with Crippen LogP contribution in [0.2, 0.25) is 0 Å². The highest BCUT2D eigenvalue weighted by Gasteiger charge is 2.19. The number of benzene rings is 1. The predicted octanol–water partition coefficient (Wildman–Crippen LogP) is 4.48. The molecule has 0 unspecified atom stereocenters. The number of nitriles is 1. The third kappa shape index (κ3) is 2.74. The number of nitrogens with zero attached hydrogens (tertiary/aromatic N) is 3. The third-order valence-electron chi connectivity index (χ3n) is 4.96. The van der Waals surface area contributed by atoms with E-state index in [4.69, 9.17) is 0 Å². The van der Waals surface area contributed by atoms with Crippen molar-refractivity contribution in [1.29, 1.82) is 5.26 Å². The Labute approximate surface area is 151 Å². The van der Waals surface area contributed by atoms with Gasteiger partial charge in [0.2, 0.25) is 0 Å². The number of hydrogen-bond acceptors (Lipinski definition) is 3. The fourth-order valence-corrected chi connectivity index (χ4v) is 3.69. The van der Waals surface area contributed by atoms with Crippen LogP contribution in [0.5, 0.6) is 0 Å². The average Bonchev–Trinajstić information content (AvgIpc) is 3.04. The first-order valence-corrected chi connectivity index (χ1v) is 8.66. The lowest BCUT2D eigenvalue weighted by Gasteiger charge is -2.29. The van der Waals surface area contributed by atoms with Crippen molar-refractivity contribution in [1.82, 2.24) is 9.97 Å². The van der Waals surface area contributed by atoms with Gasteiger partial charge in [0.05, 0.1) is 16.9 Å². The molecule has 0 saturated carbocycles. The van der Waals surface area contributed by atoms with Crippen LogP contribution < -0.4 is 4.90 Å². The van der Waals surface area contributed by atoms with Crippen molar-refractivity contribution in [2.45, 2.75) is 20.3 Å². The minimum atomic E-state index is -0.234. The molecule has 1 aliphatic heterocycles. The number of hydrogen-bond donors (Lipinski definition) is 1. The normalized spacial score (nSPS) is 14.4. The SMILES string of the molecule is Cc1cc(N2CC=C(c3c[nH]c4cc(F)ccc34)CC2)c(C#N)c(C)n1. The first-order chi connectivity index (χ1) is 12.6. The monoisotopic (exact) mass is 346 g/mol. The van der Waals surface area contributed by atoms with E-state index >= 15 is 0 Å².